The van der Waals surface area contributed by atoms with E-state index in [1.165, 1.54) is 40.4 Å². The topological polar surface area (TPSA) is 41.2 Å². The van der Waals surface area contributed by atoms with E-state index in [1.54, 1.807) is 0 Å². The van der Waals surface area contributed by atoms with Gasteiger partial charge in [-0.15, -0.1) is 11.3 Å². The van der Waals surface area contributed by atoms with Gasteiger partial charge in [0.05, 0.1) is 23.8 Å². The molecule has 0 spiro atoms. The molecule has 0 bridgehead atoms. The zero-order valence-corrected chi connectivity index (χ0v) is 13.0. The van der Waals surface area contributed by atoms with Gasteiger partial charge in [-0.05, 0) is 31.4 Å². The number of thiophene rings is 1. The van der Waals surface area contributed by atoms with E-state index >= 15 is 0 Å². The maximum atomic E-state index is 5.89. The Kier molecular flexibility index (Phi) is 3.80. The van der Waals surface area contributed by atoms with Crippen LogP contribution in [-0.4, -0.2) is 28.0 Å². The molecule has 1 atom stereocenters. The van der Waals surface area contributed by atoms with Crippen molar-refractivity contribution >= 4 is 11.3 Å². The molecule has 21 heavy (non-hydrogen) atoms. The number of hydrogen-bond acceptors (Lipinski definition) is 4. The Morgan fingerprint density at radius 1 is 1.38 bits per heavy atom. The van der Waals surface area contributed by atoms with Crippen LogP contribution in [0.5, 0.6) is 0 Å². The molecule has 2 aromatic heterocycles. The zero-order valence-electron chi connectivity index (χ0n) is 12.2. The highest BCUT2D eigenvalue weighted by atomic mass is 32.1. The van der Waals surface area contributed by atoms with Crippen molar-refractivity contribution in [2.75, 3.05) is 13.2 Å². The van der Waals surface area contributed by atoms with Crippen molar-refractivity contribution in [3.63, 3.8) is 0 Å². The summed E-state index contributed by atoms with van der Waals surface area (Å²) in [5, 5.41) is 0. The highest BCUT2D eigenvalue weighted by Gasteiger charge is 2.21. The third kappa shape index (κ3) is 2.91. The molecule has 0 aromatic carbocycles. The van der Waals surface area contributed by atoms with Gasteiger partial charge < -0.3 is 9.72 Å². The van der Waals surface area contributed by atoms with Gasteiger partial charge in [0.1, 0.15) is 0 Å². The Morgan fingerprint density at radius 3 is 3.29 bits per heavy atom. The van der Waals surface area contributed by atoms with Crippen molar-refractivity contribution in [2.24, 2.45) is 0 Å². The fourth-order valence-electron chi connectivity index (χ4n) is 3.24. The molecule has 2 aliphatic rings. The number of fused-ring (bicyclic) bond motifs is 1. The number of H-pyrrole nitrogens is 1. The minimum atomic E-state index is 0.345. The third-order valence-electron chi connectivity index (χ3n) is 4.41. The largest absolute Gasteiger partial charge is 0.373 e. The van der Waals surface area contributed by atoms with Crippen LogP contribution in [0.25, 0.3) is 0 Å². The lowest BCUT2D eigenvalue weighted by atomic mass is 10.1. The van der Waals surface area contributed by atoms with Crippen molar-refractivity contribution in [3.8, 4) is 0 Å². The minimum Gasteiger partial charge on any atom is -0.373 e. The molecule has 5 heteroatoms. The minimum absolute atomic E-state index is 0.345. The Balaban J connectivity index is 1.40. The molecule has 4 rings (SSSR count). The van der Waals surface area contributed by atoms with E-state index in [0.29, 0.717) is 6.10 Å². The van der Waals surface area contributed by atoms with Gasteiger partial charge in [0.15, 0.2) is 0 Å². The molecule has 1 N–H and O–H groups in total. The van der Waals surface area contributed by atoms with E-state index in [1.807, 2.05) is 17.7 Å². The van der Waals surface area contributed by atoms with E-state index in [9.17, 15) is 0 Å². The number of imidazole rings is 1. The summed E-state index contributed by atoms with van der Waals surface area (Å²) in [5.74, 6) is 0. The summed E-state index contributed by atoms with van der Waals surface area (Å²) in [4.78, 5) is 13.0. The second kappa shape index (κ2) is 5.91. The summed E-state index contributed by atoms with van der Waals surface area (Å²) in [6.07, 6.45) is 6.92. The second-order valence-corrected chi connectivity index (χ2v) is 7.15. The molecule has 2 aromatic rings. The Hall–Kier alpha value is -1.17. The van der Waals surface area contributed by atoms with Crippen LogP contribution in [0.3, 0.4) is 0 Å². The summed E-state index contributed by atoms with van der Waals surface area (Å²) in [6, 6.07) is 4.54. The van der Waals surface area contributed by atoms with Gasteiger partial charge >= 0.3 is 0 Å². The fraction of sp³-hybridized carbons (Fsp3) is 0.562. The molecule has 0 aliphatic carbocycles. The van der Waals surface area contributed by atoms with Crippen LogP contribution in [0.4, 0.5) is 0 Å². The van der Waals surface area contributed by atoms with E-state index < -0.39 is 0 Å². The monoisotopic (exact) mass is 303 g/mol. The average molecular weight is 303 g/mol. The van der Waals surface area contributed by atoms with Gasteiger partial charge in [-0.1, -0.05) is 0 Å². The lowest BCUT2D eigenvalue weighted by Crippen LogP contribution is -2.29. The summed E-state index contributed by atoms with van der Waals surface area (Å²) < 4.78 is 5.89. The average Bonchev–Trinajstić information content (AvgIpc) is 3.17. The van der Waals surface area contributed by atoms with Gasteiger partial charge in [0, 0.05) is 42.4 Å². The molecule has 4 heterocycles. The van der Waals surface area contributed by atoms with Crippen LogP contribution < -0.4 is 0 Å². The SMILES string of the molecule is c1nc2c([nH]1)CN(Cc1ccc([C@H]3CCCCO3)s1)CC2. The van der Waals surface area contributed by atoms with Crippen LogP contribution in [0, 0.1) is 0 Å². The lowest BCUT2D eigenvalue weighted by molar-refractivity contribution is 0.0172. The molecular formula is C16H21N3OS. The highest BCUT2D eigenvalue weighted by molar-refractivity contribution is 7.12. The summed E-state index contributed by atoms with van der Waals surface area (Å²) >= 11 is 1.92. The first kappa shape index (κ1) is 13.5. The number of aromatic amines is 1. The Bertz CT molecular complexity index is 600. The molecular weight excluding hydrogens is 282 g/mol. The van der Waals surface area contributed by atoms with Crippen molar-refractivity contribution in [1.29, 1.82) is 0 Å². The molecule has 4 nitrogen and oxygen atoms in total. The van der Waals surface area contributed by atoms with Gasteiger partial charge in [0.25, 0.3) is 0 Å². The molecule has 1 saturated heterocycles. The number of hydrogen-bond donors (Lipinski definition) is 1. The molecule has 2 aliphatic heterocycles. The number of rotatable bonds is 3. The van der Waals surface area contributed by atoms with Gasteiger partial charge in [-0.25, -0.2) is 4.98 Å². The molecule has 0 unspecified atom stereocenters. The summed E-state index contributed by atoms with van der Waals surface area (Å²) in [5.41, 5.74) is 2.53. The third-order valence-corrected chi connectivity index (χ3v) is 5.58. The Labute approximate surface area is 129 Å². The zero-order chi connectivity index (χ0) is 14.1. The first-order valence-electron chi connectivity index (χ1n) is 7.82. The normalized spacial score (nSPS) is 23.1. The van der Waals surface area contributed by atoms with E-state index in [4.69, 9.17) is 4.74 Å². The molecule has 1 fully saturated rings. The number of aromatic nitrogens is 2. The number of nitrogens with one attached hydrogen (secondary N) is 1. The molecule has 0 amide bonds. The number of nitrogens with zero attached hydrogens (tertiary/aromatic N) is 2. The first-order valence-corrected chi connectivity index (χ1v) is 8.64. The first-order chi connectivity index (χ1) is 10.4. The van der Waals surface area contributed by atoms with Crippen molar-refractivity contribution in [1.82, 2.24) is 14.9 Å². The van der Waals surface area contributed by atoms with Gasteiger partial charge in [-0.2, -0.15) is 0 Å². The van der Waals surface area contributed by atoms with Crippen LogP contribution in [-0.2, 0) is 24.2 Å². The van der Waals surface area contributed by atoms with E-state index in [0.717, 1.165) is 32.7 Å². The summed E-state index contributed by atoms with van der Waals surface area (Å²) in [7, 11) is 0. The predicted octanol–water partition coefficient (Wildman–Crippen LogP) is 3.27. The van der Waals surface area contributed by atoms with Gasteiger partial charge in [-0.3, -0.25) is 4.90 Å². The quantitative estimate of drug-likeness (QED) is 0.946. The van der Waals surface area contributed by atoms with Crippen LogP contribution in [0.15, 0.2) is 18.5 Å². The van der Waals surface area contributed by atoms with Crippen LogP contribution in [0.2, 0.25) is 0 Å². The second-order valence-electron chi connectivity index (χ2n) is 5.95. The Morgan fingerprint density at radius 2 is 2.38 bits per heavy atom. The molecule has 0 radical (unpaired) electrons. The molecule has 0 saturated carbocycles. The standard InChI is InChI=1S/C16H21N3OS/c1-2-8-20-15(3-1)16-5-4-12(21-16)9-19-7-6-13-14(10-19)18-11-17-13/h4-5,11,15H,1-3,6-10H2,(H,17,18)/t15-/m1/s1. The van der Waals surface area contributed by atoms with Crippen molar-refractivity contribution in [2.45, 2.75) is 44.9 Å². The number of ether oxygens (including phenoxy) is 1. The van der Waals surface area contributed by atoms with Gasteiger partial charge in [0.2, 0.25) is 0 Å². The lowest BCUT2D eigenvalue weighted by Gasteiger charge is -2.25. The van der Waals surface area contributed by atoms with Crippen LogP contribution in [0.1, 0.15) is 46.5 Å². The smallest absolute Gasteiger partial charge is 0.0925 e. The van der Waals surface area contributed by atoms with Crippen molar-refractivity contribution in [3.05, 3.63) is 39.6 Å². The van der Waals surface area contributed by atoms with Crippen LogP contribution >= 0.6 is 11.3 Å². The maximum absolute atomic E-state index is 5.89. The van der Waals surface area contributed by atoms with Crippen molar-refractivity contribution < 1.29 is 4.74 Å². The van der Waals surface area contributed by atoms with E-state index in [2.05, 4.69) is 27.0 Å². The van der Waals surface area contributed by atoms with E-state index in [-0.39, 0.29) is 0 Å². The predicted molar refractivity (Wildman–Crippen MR) is 83.3 cm³/mol. The maximum Gasteiger partial charge on any atom is 0.0925 e. The molecule has 112 valence electrons. The highest BCUT2D eigenvalue weighted by Crippen LogP contribution is 2.33. The fourth-order valence-corrected chi connectivity index (χ4v) is 4.38. The summed E-state index contributed by atoms with van der Waals surface area (Å²) in [6.45, 7) is 4.05.